The first-order valence-electron chi connectivity index (χ1n) is 10.1. The molecule has 0 fully saturated rings. The van der Waals surface area contributed by atoms with Gasteiger partial charge in [-0.2, -0.15) is 0 Å². The van der Waals surface area contributed by atoms with Gasteiger partial charge in [0.05, 0.1) is 11.5 Å². The number of esters is 1. The highest BCUT2D eigenvalue weighted by Gasteiger charge is 2.37. The van der Waals surface area contributed by atoms with Crippen molar-refractivity contribution in [2.45, 2.75) is 91.5 Å². The van der Waals surface area contributed by atoms with Crippen molar-refractivity contribution in [3.8, 4) is 0 Å². The third-order valence-corrected chi connectivity index (χ3v) is 5.80. The Kier molecular flexibility index (Phi) is 8.24. The Hall–Kier alpha value is -1.20. The highest BCUT2D eigenvalue weighted by molar-refractivity contribution is 5.96. The Morgan fingerprint density at radius 1 is 1.19 bits per heavy atom. The maximum absolute atomic E-state index is 12.9. The lowest BCUT2D eigenvalue weighted by Crippen LogP contribution is -2.42. The molecule has 1 aliphatic rings. The zero-order chi connectivity index (χ0) is 21.0. The number of ether oxygens (including phenoxy) is 2. The van der Waals surface area contributed by atoms with Gasteiger partial charge in [-0.25, -0.2) is 0 Å². The fraction of sp³-hybridized carbons (Fsp3) is 0.818. The van der Waals surface area contributed by atoms with Gasteiger partial charge in [0.25, 0.3) is 0 Å². The van der Waals surface area contributed by atoms with Crippen LogP contribution in [0.1, 0.15) is 74.1 Å². The van der Waals surface area contributed by atoms with E-state index in [2.05, 4.69) is 6.92 Å². The number of carbonyl (C=O) groups is 2. The molecule has 1 rings (SSSR count). The fourth-order valence-electron chi connectivity index (χ4n) is 4.37. The van der Waals surface area contributed by atoms with Gasteiger partial charge in [-0.05, 0) is 64.0 Å². The molecule has 5 nitrogen and oxygen atoms in total. The largest absolute Gasteiger partial charge is 0.459 e. The second-order valence-electron chi connectivity index (χ2n) is 8.96. The van der Waals surface area contributed by atoms with Gasteiger partial charge in [0.2, 0.25) is 0 Å². The van der Waals surface area contributed by atoms with Crippen molar-refractivity contribution in [2.75, 3.05) is 7.11 Å². The van der Waals surface area contributed by atoms with Crippen molar-refractivity contribution in [2.24, 2.45) is 17.8 Å². The SMILES string of the molecule is CC[C@H]1OC(=O)C(C)C[C@H](C)C[C@](C)(OC)C[C@@H](C)C(=O)/C(C)=C/[C@]1(C)O. The lowest BCUT2D eigenvalue weighted by atomic mass is 9.80. The zero-order valence-electron chi connectivity index (χ0n) is 18.3. The van der Waals surface area contributed by atoms with Crippen molar-refractivity contribution in [1.29, 1.82) is 0 Å². The van der Waals surface area contributed by atoms with Crippen LogP contribution in [-0.4, -0.2) is 41.3 Å². The molecule has 1 N–H and O–H groups in total. The quantitative estimate of drug-likeness (QED) is 0.729. The van der Waals surface area contributed by atoms with E-state index in [9.17, 15) is 14.7 Å². The molecule has 1 aliphatic heterocycles. The molecule has 6 atom stereocenters. The molecule has 5 heteroatoms. The van der Waals surface area contributed by atoms with Crippen molar-refractivity contribution in [3.05, 3.63) is 11.6 Å². The average molecular weight is 383 g/mol. The number of carbonyl (C=O) groups excluding carboxylic acids is 2. The third-order valence-electron chi connectivity index (χ3n) is 5.80. The number of cyclic esters (lactones) is 1. The minimum absolute atomic E-state index is 0.0159. The van der Waals surface area contributed by atoms with Gasteiger partial charge >= 0.3 is 5.97 Å². The van der Waals surface area contributed by atoms with Crippen LogP contribution in [0.4, 0.5) is 0 Å². The molecule has 0 saturated carbocycles. The van der Waals surface area contributed by atoms with E-state index in [4.69, 9.17) is 9.47 Å². The molecule has 27 heavy (non-hydrogen) atoms. The number of Topliss-reactive ketones (excluding diaryl/α,β-unsaturated/α-hetero) is 1. The summed E-state index contributed by atoms with van der Waals surface area (Å²) in [6.45, 7) is 13.0. The molecular formula is C22H38O5. The van der Waals surface area contributed by atoms with E-state index in [-0.39, 0.29) is 29.5 Å². The van der Waals surface area contributed by atoms with Crippen LogP contribution in [0.15, 0.2) is 11.6 Å². The van der Waals surface area contributed by atoms with E-state index in [0.717, 1.165) is 6.42 Å². The summed E-state index contributed by atoms with van der Waals surface area (Å²) in [6, 6.07) is 0. The van der Waals surface area contributed by atoms with Crippen LogP contribution in [0.3, 0.4) is 0 Å². The highest BCUT2D eigenvalue weighted by atomic mass is 16.6. The van der Waals surface area contributed by atoms with E-state index in [1.807, 2.05) is 27.7 Å². The second kappa shape index (κ2) is 9.33. The minimum atomic E-state index is -1.40. The van der Waals surface area contributed by atoms with Crippen molar-refractivity contribution in [3.63, 3.8) is 0 Å². The molecule has 156 valence electrons. The van der Waals surface area contributed by atoms with E-state index >= 15 is 0 Å². The van der Waals surface area contributed by atoms with Crippen LogP contribution in [0.2, 0.25) is 0 Å². The maximum Gasteiger partial charge on any atom is 0.309 e. The fourth-order valence-corrected chi connectivity index (χ4v) is 4.37. The number of aliphatic hydroxyl groups is 1. The molecule has 1 unspecified atom stereocenters. The number of methoxy groups -OCH3 is 1. The standard InChI is InChI=1S/C22H38O5/c1-9-18-22(7,25)13-17(5)19(23)16(4)12-21(6,26-8)11-14(2)10-15(3)20(24)27-18/h13-16,18,25H,9-12H2,1-8H3/b17-13+/t14-,15?,16+,18+,21-,22-/m0/s1. The molecule has 0 saturated heterocycles. The zero-order valence-corrected chi connectivity index (χ0v) is 18.3. The van der Waals surface area contributed by atoms with Crippen LogP contribution in [-0.2, 0) is 19.1 Å². The maximum atomic E-state index is 12.9. The van der Waals surface area contributed by atoms with E-state index in [0.29, 0.717) is 24.8 Å². The van der Waals surface area contributed by atoms with Crippen molar-refractivity contribution < 1.29 is 24.2 Å². The van der Waals surface area contributed by atoms with Gasteiger partial charge in [-0.3, -0.25) is 9.59 Å². The summed E-state index contributed by atoms with van der Waals surface area (Å²) in [7, 11) is 1.67. The second-order valence-corrected chi connectivity index (χ2v) is 8.96. The molecule has 0 aliphatic carbocycles. The summed E-state index contributed by atoms with van der Waals surface area (Å²) in [4.78, 5) is 25.4. The van der Waals surface area contributed by atoms with Gasteiger partial charge in [0.1, 0.15) is 11.7 Å². The molecule has 0 aromatic rings. The Labute approximate surface area is 164 Å². The highest BCUT2D eigenvalue weighted by Crippen LogP contribution is 2.33. The summed E-state index contributed by atoms with van der Waals surface area (Å²) < 4.78 is 11.4. The van der Waals surface area contributed by atoms with Gasteiger partial charge in [-0.15, -0.1) is 0 Å². The molecular weight excluding hydrogens is 344 g/mol. The number of hydrogen-bond donors (Lipinski definition) is 1. The smallest absolute Gasteiger partial charge is 0.309 e. The van der Waals surface area contributed by atoms with Gasteiger partial charge < -0.3 is 14.6 Å². The molecule has 0 aromatic carbocycles. The Morgan fingerprint density at radius 3 is 2.30 bits per heavy atom. The predicted molar refractivity (Wildman–Crippen MR) is 106 cm³/mol. The summed E-state index contributed by atoms with van der Waals surface area (Å²) in [5, 5.41) is 10.9. The first-order chi connectivity index (χ1) is 12.3. The summed E-state index contributed by atoms with van der Waals surface area (Å²) >= 11 is 0. The van der Waals surface area contributed by atoms with Crippen LogP contribution in [0.25, 0.3) is 0 Å². The summed E-state index contributed by atoms with van der Waals surface area (Å²) in [5.74, 6) is -0.580. The van der Waals surface area contributed by atoms with Crippen LogP contribution < -0.4 is 0 Å². The first-order valence-corrected chi connectivity index (χ1v) is 10.1. The molecule has 0 spiro atoms. The Morgan fingerprint density at radius 2 is 1.78 bits per heavy atom. The Balaban J connectivity index is 3.31. The number of ketones is 1. The van der Waals surface area contributed by atoms with Crippen molar-refractivity contribution in [1.82, 2.24) is 0 Å². The number of rotatable bonds is 2. The lowest BCUT2D eigenvalue weighted by Gasteiger charge is -2.35. The van der Waals surface area contributed by atoms with E-state index in [1.165, 1.54) is 6.08 Å². The van der Waals surface area contributed by atoms with Gasteiger partial charge in [0.15, 0.2) is 5.78 Å². The van der Waals surface area contributed by atoms with E-state index < -0.39 is 17.3 Å². The Bertz CT molecular complexity index is 565. The van der Waals surface area contributed by atoms with Gasteiger partial charge in [-0.1, -0.05) is 27.7 Å². The lowest BCUT2D eigenvalue weighted by molar-refractivity contribution is -0.164. The number of hydrogen-bond acceptors (Lipinski definition) is 5. The van der Waals surface area contributed by atoms with E-state index in [1.54, 1.807) is 21.0 Å². The normalized spacial score (nSPS) is 42.0. The van der Waals surface area contributed by atoms with Crippen LogP contribution >= 0.6 is 0 Å². The first kappa shape index (κ1) is 23.8. The molecule has 0 bridgehead atoms. The monoisotopic (exact) mass is 382 g/mol. The predicted octanol–water partition coefficient (Wildman–Crippen LogP) is 4.07. The van der Waals surface area contributed by atoms with Crippen LogP contribution in [0, 0.1) is 17.8 Å². The molecule has 1 heterocycles. The third kappa shape index (κ3) is 6.42. The molecule has 0 amide bonds. The van der Waals surface area contributed by atoms with Crippen molar-refractivity contribution >= 4 is 11.8 Å². The average Bonchev–Trinajstić information content (AvgIpc) is 2.56. The topological polar surface area (TPSA) is 72.8 Å². The molecule has 0 radical (unpaired) electrons. The molecule has 0 aromatic heterocycles. The van der Waals surface area contributed by atoms with Gasteiger partial charge in [0, 0.05) is 13.0 Å². The minimum Gasteiger partial charge on any atom is -0.459 e. The summed E-state index contributed by atoms with van der Waals surface area (Å²) in [6.07, 6.45) is 3.35. The van der Waals surface area contributed by atoms with Crippen LogP contribution in [0.5, 0.6) is 0 Å². The summed E-state index contributed by atoms with van der Waals surface area (Å²) in [5.41, 5.74) is -1.36. The number of allylic oxidation sites excluding steroid dienone is 1.